The molecule has 0 heterocycles. The SMILES string of the molecule is Cc1cc(Br)cc(CNC(C)(C)C)c1OC(C)C#N. The lowest BCUT2D eigenvalue weighted by molar-refractivity contribution is 0.270. The van der Waals surface area contributed by atoms with Gasteiger partial charge < -0.3 is 10.1 Å². The maximum atomic E-state index is 8.89. The Kier molecular flexibility index (Phi) is 5.39. The van der Waals surface area contributed by atoms with Crippen molar-refractivity contribution in [3.63, 3.8) is 0 Å². The fraction of sp³-hybridized carbons (Fsp3) is 0.533. The van der Waals surface area contributed by atoms with Crippen molar-refractivity contribution in [2.45, 2.75) is 52.8 Å². The molecule has 1 N–H and O–H groups in total. The lowest BCUT2D eigenvalue weighted by atomic mass is 10.1. The molecule has 0 radical (unpaired) electrons. The molecule has 3 nitrogen and oxygen atoms in total. The third-order valence-electron chi connectivity index (χ3n) is 2.60. The Bertz CT molecular complexity index is 486. The Morgan fingerprint density at radius 2 is 2.05 bits per heavy atom. The first-order valence-corrected chi connectivity index (χ1v) is 7.12. The summed E-state index contributed by atoms with van der Waals surface area (Å²) in [6.45, 7) is 10.8. The number of hydrogen-bond acceptors (Lipinski definition) is 3. The van der Waals surface area contributed by atoms with Crippen LogP contribution in [0, 0.1) is 18.3 Å². The summed E-state index contributed by atoms with van der Waals surface area (Å²) >= 11 is 3.50. The van der Waals surface area contributed by atoms with E-state index in [-0.39, 0.29) is 5.54 Å². The van der Waals surface area contributed by atoms with Crippen LogP contribution in [0.1, 0.15) is 38.8 Å². The number of ether oxygens (including phenoxy) is 1. The van der Waals surface area contributed by atoms with E-state index in [2.05, 4.69) is 48.1 Å². The Labute approximate surface area is 124 Å². The quantitative estimate of drug-likeness (QED) is 0.912. The average molecular weight is 325 g/mol. The van der Waals surface area contributed by atoms with Gasteiger partial charge in [0.15, 0.2) is 6.10 Å². The normalized spacial score (nSPS) is 12.9. The lowest BCUT2D eigenvalue weighted by Gasteiger charge is -2.23. The Balaban J connectivity index is 3.03. The molecule has 1 aromatic carbocycles. The smallest absolute Gasteiger partial charge is 0.181 e. The Morgan fingerprint density at radius 3 is 2.58 bits per heavy atom. The molecule has 0 aliphatic rings. The van der Waals surface area contributed by atoms with Gasteiger partial charge in [-0.1, -0.05) is 15.9 Å². The third kappa shape index (κ3) is 5.22. The summed E-state index contributed by atoms with van der Waals surface area (Å²) < 4.78 is 6.74. The molecule has 0 spiro atoms. The Hall–Kier alpha value is -1.05. The van der Waals surface area contributed by atoms with Crippen LogP contribution in [0.2, 0.25) is 0 Å². The van der Waals surface area contributed by atoms with E-state index in [1.165, 1.54) is 0 Å². The lowest BCUT2D eigenvalue weighted by Crippen LogP contribution is -2.35. The van der Waals surface area contributed by atoms with Crippen molar-refractivity contribution in [2.24, 2.45) is 0 Å². The van der Waals surface area contributed by atoms with Crippen molar-refractivity contribution in [3.8, 4) is 11.8 Å². The van der Waals surface area contributed by atoms with Crippen molar-refractivity contribution in [1.82, 2.24) is 5.32 Å². The summed E-state index contributed by atoms with van der Waals surface area (Å²) in [4.78, 5) is 0. The standard InChI is InChI=1S/C15H21BrN2O/c1-10-6-13(16)7-12(9-18-15(3,4)5)14(10)19-11(2)8-17/h6-7,11,18H,9H2,1-5H3. The highest BCUT2D eigenvalue weighted by Gasteiger charge is 2.15. The maximum Gasteiger partial charge on any atom is 0.181 e. The van der Waals surface area contributed by atoms with Gasteiger partial charge in [0.1, 0.15) is 11.8 Å². The van der Waals surface area contributed by atoms with Crippen LogP contribution in [0.4, 0.5) is 0 Å². The molecule has 0 aliphatic carbocycles. The van der Waals surface area contributed by atoms with Crippen molar-refractivity contribution in [3.05, 3.63) is 27.7 Å². The van der Waals surface area contributed by atoms with Crippen LogP contribution in [0.3, 0.4) is 0 Å². The number of nitrogens with zero attached hydrogens (tertiary/aromatic N) is 1. The van der Waals surface area contributed by atoms with E-state index >= 15 is 0 Å². The van der Waals surface area contributed by atoms with Gasteiger partial charge in [0.05, 0.1) is 0 Å². The number of benzene rings is 1. The zero-order valence-electron chi connectivity index (χ0n) is 12.2. The highest BCUT2D eigenvalue weighted by atomic mass is 79.9. The topological polar surface area (TPSA) is 45.0 Å². The first-order valence-electron chi connectivity index (χ1n) is 6.33. The van der Waals surface area contributed by atoms with Gasteiger partial charge in [-0.2, -0.15) is 5.26 Å². The molecule has 0 amide bonds. The molecule has 0 saturated carbocycles. The molecule has 0 fully saturated rings. The van der Waals surface area contributed by atoms with Gasteiger partial charge >= 0.3 is 0 Å². The zero-order chi connectivity index (χ0) is 14.6. The van der Waals surface area contributed by atoms with Crippen molar-refractivity contribution < 1.29 is 4.74 Å². The number of nitrogens with one attached hydrogen (secondary N) is 1. The predicted molar refractivity (Wildman–Crippen MR) is 81.2 cm³/mol. The molecule has 1 atom stereocenters. The van der Waals surface area contributed by atoms with Crippen molar-refractivity contribution in [1.29, 1.82) is 5.26 Å². The number of aryl methyl sites for hydroxylation is 1. The van der Waals surface area contributed by atoms with Gasteiger partial charge in [-0.05, 0) is 52.3 Å². The molecule has 0 saturated heterocycles. The van der Waals surface area contributed by atoms with Crippen LogP contribution in [-0.4, -0.2) is 11.6 Å². The zero-order valence-corrected chi connectivity index (χ0v) is 13.8. The summed E-state index contributed by atoms with van der Waals surface area (Å²) in [5.74, 6) is 0.800. The second kappa shape index (κ2) is 6.40. The molecular formula is C15H21BrN2O. The van der Waals surface area contributed by atoms with Gasteiger partial charge in [-0.3, -0.25) is 0 Å². The van der Waals surface area contributed by atoms with Crippen LogP contribution in [0.15, 0.2) is 16.6 Å². The molecule has 104 valence electrons. The second-order valence-corrected chi connectivity index (χ2v) is 6.62. The number of hydrogen-bond donors (Lipinski definition) is 1. The minimum atomic E-state index is -0.451. The molecule has 1 unspecified atom stereocenters. The van der Waals surface area contributed by atoms with E-state index in [0.29, 0.717) is 6.54 Å². The summed E-state index contributed by atoms with van der Waals surface area (Å²) in [6.07, 6.45) is -0.451. The summed E-state index contributed by atoms with van der Waals surface area (Å²) in [6, 6.07) is 6.13. The van der Waals surface area contributed by atoms with Crippen molar-refractivity contribution >= 4 is 15.9 Å². The number of halogens is 1. The largest absolute Gasteiger partial charge is 0.475 e. The first-order chi connectivity index (χ1) is 8.73. The first kappa shape index (κ1) is 16.0. The monoisotopic (exact) mass is 324 g/mol. The van der Waals surface area contributed by atoms with Gasteiger partial charge in [0.25, 0.3) is 0 Å². The van der Waals surface area contributed by atoms with E-state index < -0.39 is 6.10 Å². The van der Waals surface area contributed by atoms with E-state index in [1.807, 2.05) is 19.1 Å². The average Bonchev–Trinajstić information content (AvgIpc) is 2.28. The van der Waals surface area contributed by atoms with Crippen LogP contribution >= 0.6 is 15.9 Å². The number of rotatable bonds is 4. The van der Waals surface area contributed by atoms with E-state index in [0.717, 1.165) is 21.3 Å². The maximum absolute atomic E-state index is 8.89. The van der Waals surface area contributed by atoms with E-state index in [4.69, 9.17) is 10.00 Å². The molecule has 1 rings (SSSR count). The van der Waals surface area contributed by atoms with E-state index in [1.54, 1.807) is 6.92 Å². The van der Waals surface area contributed by atoms with E-state index in [9.17, 15) is 0 Å². The molecule has 1 aromatic rings. The molecule has 19 heavy (non-hydrogen) atoms. The summed E-state index contributed by atoms with van der Waals surface area (Å²) in [5.41, 5.74) is 2.13. The molecular weight excluding hydrogens is 304 g/mol. The minimum Gasteiger partial charge on any atom is -0.475 e. The highest BCUT2D eigenvalue weighted by Crippen LogP contribution is 2.29. The molecule has 0 aromatic heterocycles. The summed E-state index contributed by atoms with van der Waals surface area (Å²) in [5, 5.41) is 12.3. The predicted octanol–water partition coefficient (Wildman–Crippen LogP) is 3.94. The summed E-state index contributed by atoms with van der Waals surface area (Å²) in [7, 11) is 0. The van der Waals surface area contributed by atoms with Crippen LogP contribution in [0.25, 0.3) is 0 Å². The fourth-order valence-electron chi connectivity index (χ4n) is 1.66. The van der Waals surface area contributed by atoms with Crippen molar-refractivity contribution in [2.75, 3.05) is 0 Å². The number of nitriles is 1. The van der Waals surface area contributed by atoms with Gasteiger partial charge in [0.2, 0.25) is 0 Å². The molecule has 4 heteroatoms. The highest BCUT2D eigenvalue weighted by molar-refractivity contribution is 9.10. The van der Waals surface area contributed by atoms with Crippen LogP contribution < -0.4 is 10.1 Å². The molecule has 0 aliphatic heterocycles. The second-order valence-electron chi connectivity index (χ2n) is 5.70. The Morgan fingerprint density at radius 1 is 1.42 bits per heavy atom. The fourth-order valence-corrected chi connectivity index (χ4v) is 2.28. The van der Waals surface area contributed by atoms with Crippen LogP contribution in [-0.2, 0) is 6.54 Å². The van der Waals surface area contributed by atoms with Crippen LogP contribution in [0.5, 0.6) is 5.75 Å². The van der Waals surface area contributed by atoms with Gasteiger partial charge in [0, 0.05) is 22.1 Å². The third-order valence-corrected chi connectivity index (χ3v) is 3.06. The van der Waals surface area contributed by atoms with Gasteiger partial charge in [-0.25, -0.2) is 0 Å². The minimum absolute atomic E-state index is 0.0360. The molecule has 0 bridgehead atoms. The van der Waals surface area contributed by atoms with Gasteiger partial charge in [-0.15, -0.1) is 0 Å².